The zero-order chi connectivity index (χ0) is 17.3. The average Bonchev–Trinajstić information content (AvgIpc) is 3.49. The van der Waals surface area contributed by atoms with Crippen LogP contribution in [0.25, 0.3) is 11.1 Å². The van der Waals surface area contributed by atoms with Crippen LogP contribution in [0.2, 0.25) is 5.02 Å². The van der Waals surface area contributed by atoms with Crippen LogP contribution in [0.5, 0.6) is 0 Å². The van der Waals surface area contributed by atoms with Crippen molar-refractivity contribution < 1.29 is 5.11 Å². The smallest absolute Gasteiger partial charge is 0.115 e. The maximum atomic E-state index is 11.3. The molecule has 4 rings (SSSR count). The minimum Gasteiger partial charge on any atom is -0.383 e. The molecule has 2 heterocycles. The van der Waals surface area contributed by atoms with Crippen LogP contribution in [0, 0.1) is 5.92 Å². The zero-order valence-electron chi connectivity index (χ0n) is 13.6. The van der Waals surface area contributed by atoms with E-state index in [2.05, 4.69) is 15.0 Å². The maximum Gasteiger partial charge on any atom is 0.115 e. The lowest BCUT2D eigenvalue weighted by atomic mass is 9.86. The fraction of sp³-hybridized carbons (Fsp3) is 0.250. The molecule has 0 bridgehead atoms. The highest BCUT2D eigenvalue weighted by Crippen LogP contribution is 2.47. The second-order valence-corrected chi connectivity index (χ2v) is 7.00. The molecule has 0 spiro atoms. The quantitative estimate of drug-likeness (QED) is 0.753. The van der Waals surface area contributed by atoms with Gasteiger partial charge in [-0.25, -0.2) is 9.97 Å². The van der Waals surface area contributed by atoms with Gasteiger partial charge in [0.1, 0.15) is 11.9 Å². The third-order valence-corrected chi connectivity index (χ3v) is 4.98. The van der Waals surface area contributed by atoms with E-state index in [9.17, 15) is 5.11 Å². The number of aromatic nitrogens is 3. The molecule has 1 unspecified atom stereocenters. The molecule has 0 amide bonds. The van der Waals surface area contributed by atoms with Crippen LogP contribution in [-0.2, 0) is 12.0 Å². The lowest BCUT2D eigenvalue weighted by molar-refractivity contribution is 0.00870. The topological polar surface area (TPSA) is 58.9 Å². The molecule has 5 heteroatoms. The van der Waals surface area contributed by atoms with Crippen LogP contribution < -0.4 is 0 Å². The third kappa shape index (κ3) is 3.41. The van der Waals surface area contributed by atoms with Crippen molar-refractivity contribution in [3.05, 3.63) is 77.6 Å². The van der Waals surface area contributed by atoms with Crippen LogP contribution in [0.1, 0.15) is 24.1 Å². The number of hydrogen-bond donors (Lipinski definition) is 1. The van der Waals surface area contributed by atoms with Crippen LogP contribution >= 0.6 is 11.6 Å². The molecule has 0 radical (unpaired) electrons. The van der Waals surface area contributed by atoms with Gasteiger partial charge in [0.25, 0.3) is 0 Å². The molecular weight excluding hydrogens is 334 g/mol. The molecule has 1 aromatic carbocycles. The molecule has 126 valence electrons. The highest BCUT2D eigenvalue weighted by atomic mass is 35.5. The first-order chi connectivity index (χ1) is 12.1. The molecule has 1 fully saturated rings. The monoisotopic (exact) mass is 351 g/mol. The molecular formula is C20H18ClN3O. The Morgan fingerprint density at radius 3 is 2.24 bits per heavy atom. The summed E-state index contributed by atoms with van der Waals surface area (Å²) in [6.45, 7) is 0. The highest BCUT2D eigenvalue weighted by molar-refractivity contribution is 6.30. The summed E-state index contributed by atoms with van der Waals surface area (Å²) in [5.74, 6) is 0.238. The van der Waals surface area contributed by atoms with Crippen LogP contribution in [0.15, 0.2) is 61.3 Å². The van der Waals surface area contributed by atoms with Gasteiger partial charge in [0, 0.05) is 35.6 Å². The van der Waals surface area contributed by atoms with Crippen molar-refractivity contribution in [2.45, 2.75) is 24.9 Å². The number of hydrogen-bond acceptors (Lipinski definition) is 4. The summed E-state index contributed by atoms with van der Waals surface area (Å²) >= 11 is 5.94. The van der Waals surface area contributed by atoms with Crippen molar-refractivity contribution in [1.29, 1.82) is 0 Å². The minimum absolute atomic E-state index is 0.238. The van der Waals surface area contributed by atoms with E-state index >= 15 is 0 Å². The molecule has 0 aliphatic heterocycles. The van der Waals surface area contributed by atoms with Gasteiger partial charge in [0.05, 0.1) is 5.69 Å². The first-order valence-electron chi connectivity index (χ1n) is 8.34. The molecule has 4 nitrogen and oxygen atoms in total. The molecule has 2 aromatic heterocycles. The molecule has 1 aliphatic rings. The Bertz CT molecular complexity index is 848. The summed E-state index contributed by atoms with van der Waals surface area (Å²) < 4.78 is 0. The van der Waals surface area contributed by atoms with E-state index in [0.717, 1.165) is 29.5 Å². The van der Waals surface area contributed by atoms with E-state index < -0.39 is 5.60 Å². The SMILES string of the molecule is OC(Cc1cncnc1)(c1ccc(-c2ccc(Cl)cc2)cn1)C1CC1. The predicted molar refractivity (Wildman–Crippen MR) is 97.0 cm³/mol. The molecule has 1 aliphatic carbocycles. The first kappa shape index (κ1) is 16.2. The van der Waals surface area contributed by atoms with Crippen molar-refractivity contribution in [2.75, 3.05) is 0 Å². The Morgan fingerprint density at radius 1 is 0.960 bits per heavy atom. The van der Waals surface area contributed by atoms with Crippen molar-refractivity contribution in [3.8, 4) is 11.1 Å². The normalized spacial score (nSPS) is 16.4. The van der Waals surface area contributed by atoms with Gasteiger partial charge in [-0.1, -0.05) is 29.8 Å². The first-order valence-corrected chi connectivity index (χ1v) is 8.72. The molecule has 1 saturated carbocycles. The maximum absolute atomic E-state index is 11.3. The lowest BCUT2D eigenvalue weighted by Crippen LogP contribution is -2.32. The van der Waals surface area contributed by atoms with Gasteiger partial charge >= 0.3 is 0 Å². The Morgan fingerprint density at radius 2 is 1.64 bits per heavy atom. The van der Waals surface area contributed by atoms with Crippen LogP contribution in [-0.4, -0.2) is 20.1 Å². The highest BCUT2D eigenvalue weighted by Gasteiger charge is 2.46. The van der Waals surface area contributed by atoms with E-state index in [1.807, 2.05) is 42.6 Å². The van der Waals surface area contributed by atoms with Gasteiger partial charge in [-0.15, -0.1) is 0 Å². The Balaban J connectivity index is 1.63. The predicted octanol–water partition coefficient (Wildman–Crippen LogP) is 4.03. The molecule has 25 heavy (non-hydrogen) atoms. The van der Waals surface area contributed by atoms with Crippen molar-refractivity contribution in [2.24, 2.45) is 5.92 Å². The molecule has 0 saturated heterocycles. The number of aliphatic hydroxyl groups is 1. The summed E-state index contributed by atoms with van der Waals surface area (Å²) in [5, 5.41) is 12.0. The Labute approximate surface area is 151 Å². The van der Waals surface area contributed by atoms with E-state index in [1.54, 1.807) is 12.4 Å². The summed E-state index contributed by atoms with van der Waals surface area (Å²) in [6, 6.07) is 11.6. The van der Waals surface area contributed by atoms with Gasteiger partial charge in [0.15, 0.2) is 0 Å². The van der Waals surface area contributed by atoms with E-state index in [0.29, 0.717) is 17.1 Å². The van der Waals surface area contributed by atoms with Gasteiger partial charge in [-0.05, 0) is 48.1 Å². The summed E-state index contributed by atoms with van der Waals surface area (Å²) in [5.41, 5.74) is 2.71. The fourth-order valence-electron chi connectivity index (χ4n) is 3.20. The standard InChI is InChI=1S/C20H18ClN3O/c21-18-6-1-15(2-7-18)16-3-8-19(24-12-16)20(25,17-4-5-17)9-14-10-22-13-23-11-14/h1-3,6-8,10-13,17,25H,4-5,9H2. The second kappa shape index (κ2) is 6.54. The molecule has 1 atom stereocenters. The Kier molecular flexibility index (Phi) is 4.24. The van der Waals surface area contributed by atoms with E-state index in [4.69, 9.17) is 11.6 Å². The third-order valence-electron chi connectivity index (χ3n) is 4.72. The average molecular weight is 352 g/mol. The van der Waals surface area contributed by atoms with Crippen molar-refractivity contribution >= 4 is 11.6 Å². The number of pyridine rings is 1. The minimum atomic E-state index is -0.969. The summed E-state index contributed by atoms with van der Waals surface area (Å²) in [4.78, 5) is 12.7. The molecule has 3 aromatic rings. The summed E-state index contributed by atoms with van der Waals surface area (Å²) in [7, 11) is 0. The van der Waals surface area contributed by atoms with Gasteiger partial charge in [-0.3, -0.25) is 4.98 Å². The van der Waals surface area contributed by atoms with E-state index in [1.165, 1.54) is 6.33 Å². The number of benzene rings is 1. The van der Waals surface area contributed by atoms with Crippen molar-refractivity contribution in [3.63, 3.8) is 0 Å². The number of nitrogens with zero attached hydrogens (tertiary/aromatic N) is 3. The van der Waals surface area contributed by atoms with Gasteiger partial charge < -0.3 is 5.11 Å². The number of rotatable bonds is 5. The van der Waals surface area contributed by atoms with Gasteiger partial charge in [-0.2, -0.15) is 0 Å². The Hall–Kier alpha value is -2.30. The van der Waals surface area contributed by atoms with Gasteiger partial charge in [0.2, 0.25) is 0 Å². The largest absolute Gasteiger partial charge is 0.383 e. The van der Waals surface area contributed by atoms with Crippen LogP contribution in [0.3, 0.4) is 0 Å². The fourth-order valence-corrected chi connectivity index (χ4v) is 3.33. The number of halogens is 1. The molecule has 1 N–H and O–H groups in total. The zero-order valence-corrected chi connectivity index (χ0v) is 14.4. The van der Waals surface area contributed by atoms with E-state index in [-0.39, 0.29) is 5.92 Å². The second-order valence-electron chi connectivity index (χ2n) is 6.56. The summed E-state index contributed by atoms with van der Waals surface area (Å²) in [6.07, 6.45) is 9.33. The van der Waals surface area contributed by atoms with Crippen LogP contribution in [0.4, 0.5) is 0 Å². The lowest BCUT2D eigenvalue weighted by Gasteiger charge is -2.27. The van der Waals surface area contributed by atoms with Crippen molar-refractivity contribution in [1.82, 2.24) is 15.0 Å².